The smallest absolute Gasteiger partial charge is 0.134 e. The average molecular weight is 372 g/mol. The van der Waals surface area contributed by atoms with Gasteiger partial charge < -0.3 is 4.74 Å². The number of nitrogens with zero attached hydrogens (tertiary/aromatic N) is 2. The lowest BCUT2D eigenvalue weighted by Gasteiger charge is -2.15. The Morgan fingerprint density at radius 3 is 2.81 bits per heavy atom. The highest BCUT2D eigenvalue weighted by atomic mass is 32.1. The lowest BCUT2D eigenvalue weighted by atomic mass is 9.93. The topological polar surface area (TPSA) is 45.9 Å². The van der Waals surface area contributed by atoms with Gasteiger partial charge in [-0.1, -0.05) is 37.3 Å². The molecule has 0 fully saturated rings. The molecular formula is C23H20N2OS. The predicted molar refractivity (Wildman–Crippen MR) is 110 cm³/mol. The molecule has 27 heavy (non-hydrogen) atoms. The maximum Gasteiger partial charge on any atom is 0.134 e. The maximum atomic E-state index is 9.68. The third-order valence-electron chi connectivity index (χ3n) is 4.68. The molecule has 0 N–H and O–H groups in total. The molecule has 1 aromatic heterocycles. The first-order valence-electron chi connectivity index (χ1n) is 9.15. The van der Waals surface area contributed by atoms with Crippen molar-refractivity contribution in [1.29, 1.82) is 5.26 Å². The van der Waals surface area contributed by atoms with Crippen molar-refractivity contribution in [2.75, 3.05) is 0 Å². The zero-order chi connectivity index (χ0) is 18.6. The third kappa shape index (κ3) is 4.10. The summed E-state index contributed by atoms with van der Waals surface area (Å²) in [6, 6.07) is 19.8. The first-order chi connectivity index (χ1) is 13.2. The van der Waals surface area contributed by atoms with E-state index in [-0.39, 0.29) is 0 Å². The Hall–Kier alpha value is -2.90. The van der Waals surface area contributed by atoms with E-state index in [0.29, 0.717) is 11.5 Å². The molecule has 0 spiro atoms. The Labute approximate surface area is 163 Å². The van der Waals surface area contributed by atoms with Crippen LogP contribution in [0.25, 0.3) is 11.6 Å². The Kier molecular flexibility index (Phi) is 5.04. The Morgan fingerprint density at radius 1 is 1.19 bits per heavy atom. The number of hydrogen-bond acceptors (Lipinski definition) is 4. The molecule has 1 aliphatic rings. The fraction of sp³-hybridized carbons (Fsp3) is 0.217. The van der Waals surface area contributed by atoms with Crippen LogP contribution in [-0.4, -0.2) is 4.98 Å². The van der Waals surface area contributed by atoms with Gasteiger partial charge in [0.1, 0.15) is 22.6 Å². The van der Waals surface area contributed by atoms with Crippen molar-refractivity contribution in [3.05, 3.63) is 75.7 Å². The van der Waals surface area contributed by atoms with Crippen molar-refractivity contribution in [1.82, 2.24) is 4.98 Å². The number of fused-ring (bicyclic) bond motifs is 1. The van der Waals surface area contributed by atoms with Crippen LogP contribution in [0.4, 0.5) is 0 Å². The van der Waals surface area contributed by atoms with Gasteiger partial charge in [0, 0.05) is 4.88 Å². The Morgan fingerprint density at radius 2 is 2.00 bits per heavy atom. The fourth-order valence-corrected chi connectivity index (χ4v) is 4.49. The quantitative estimate of drug-likeness (QED) is 0.518. The molecule has 0 unspecified atom stereocenters. The molecular weight excluding hydrogens is 352 g/mol. The summed E-state index contributed by atoms with van der Waals surface area (Å²) in [5.41, 5.74) is 2.72. The number of nitriles is 1. The molecule has 0 bridgehead atoms. The van der Waals surface area contributed by atoms with E-state index in [1.807, 2.05) is 60.7 Å². The predicted octanol–water partition coefficient (Wildman–Crippen LogP) is 6.12. The zero-order valence-electron chi connectivity index (χ0n) is 15.2. The second kappa shape index (κ2) is 7.77. The van der Waals surface area contributed by atoms with Crippen molar-refractivity contribution < 1.29 is 4.74 Å². The van der Waals surface area contributed by atoms with Gasteiger partial charge in [0.15, 0.2) is 0 Å². The minimum atomic E-state index is 0.610. The molecule has 4 heteroatoms. The van der Waals surface area contributed by atoms with Crippen molar-refractivity contribution in [2.24, 2.45) is 5.92 Å². The number of thiazole rings is 1. The average Bonchev–Trinajstić information content (AvgIpc) is 3.10. The highest BCUT2D eigenvalue weighted by Crippen LogP contribution is 2.33. The molecule has 1 atom stereocenters. The largest absolute Gasteiger partial charge is 0.457 e. The van der Waals surface area contributed by atoms with Crippen molar-refractivity contribution in [3.63, 3.8) is 0 Å². The van der Waals surface area contributed by atoms with E-state index >= 15 is 0 Å². The molecule has 0 aliphatic heterocycles. The number of rotatable bonds is 4. The first kappa shape index (κ1) is 17.5. The minimum Gasteiger partial charge on any atom is -0.457 e. The van der Waals surface area contributed by atoms with Crippen LogP contribution in [0, 0.1) is 17.2 Å². The third-order valence-corrected chi connectivity index (χ3v) is 5.84. The summed E-state index contributed by atoms with van der Waals surface area (Å²) in [5.74, 6) is 2.24. The summed E-state index contributed by atoms with van der Waals surface area (Å²) in [4.78, 5) is 6.08. The lowest BCUT2D eigenvalue weighted by Crippen LogP contribution is -2.09. The molecule has 0 amide bonds. The molecule has 134 valence electrons. The van der Waals surface area contributed by atoms with Gasteiger partial charge in [-0.2, -0.15) is 5.26 Å². The number of para-hydroxylation sites is 1. The van der Waals surface area contributed by atoms with Crippen LogP contribution in [0.5, 0.6) is 11.5 Å². The van der Waals surface area contributed by atoms with Crippen LogP contribution in [0.15, 0.2) is 54.6 Å². The highest BCUT2D eigenvalue weighted by molar-refractivity contribution is 7.13. The second-order valence-corrected chi connectivity index (χ2v) is 7.98. The zero-order valence-corrected chi connectivity index (χ0v) is 16.0. The summed E-state index contributed by atoms with van der Waals surface area (Å²) in [6.45, 7) is 2.28. The summed E-state index contributed by atoms with van der Waals surface area (Å²) in [6.07, 6.45) is 5.17. The number of aryl methyl sites for hydroxylation is 1. The molecule has 2 aromatic carbocycles. The van der Waals surface area contributed by atoms with E-state index in [1.165, 1.54) is 17.0 Å². The molecule has 1 aliphatic carbocycles. The monoisotopic (exact) mass is 372 g/mol. The van der Waals surface area contributed by atoms with E-state index < -0.39 is 0 Å². The summed E-state index contributed by atoms with van der Waals surface area (Å²) < 4.78 is 5.89. The van der Waals surface area contributed by atoms with Crippen molar-refractivity contribution in [3.8, 4) is 17.6 Å². The number of aromatic nitrogens is 1. The first-order valence-corrected chi connectivity index (χ1v) is 9.96. The summed E-state index contributed by atoms with van der Waals surface area (Å²) in [7, 11) is 0. The van der Waals surface area contributed by atoms with Gasteiger partial charge in [-0.25, -0.2) is 4.98 Å². The lowest BCUT2D eigenvalue weighted by molar-refractivity contribution is 0.482. The van der Waals surface area contributed by atoms with E-state index in [9.17, 15) is 5.26 Å². The molecule has 4 rings (SSSR count). The van der Waals surface area contributed by atoms with Gasteiger partial charge in [-0.05, 0) is 61.1 Å². The van der Waals surface area contributed by atoms with E-state index in [1.54, 1.807) is 11.3 Å². The van der Waals surface area contributed by atoms with Crippen LogP contribution in [0.3, 0.4) is 0 Å². The molecule has 3 aromatic rings. The van der Waals surface area contributed by atoms with Crippen LogP contribution in [0.1, 0.15) is 34.5 Å². The van der Waals surface area contributed by atoms with E-state index in [4.69, 9.17) is 9.72 Å². The van der Waals surface area contributed by atoms with Gasteiger partial charge in [0.25, 0.3) is 0 Å². The summed E-state index contributed by atoms with van der Waals surface area (Å²) in [5, 5.41) is 10.5. The van der Waals surface area contributed by atoms with E-state index in [2.05, 4.69) is 13.0 Å². The Balaban J connectivity index is 1.60. The molecule has 0 saturated carbocycles. The molecule has 0 radical (unpaired) electrons. The maximum absolute atomic E-state index is 9.68. The molecule has 0 saturated heterocycles. The van der Waals surface area contributed by atoms with Crippen LogP contribution in [0.2, 0.25) is 0 Å². The van der Waals surface area contributed by atoms with Crippen molar-refractivity contribution >= 4 is 23.0 Å². The number of allylic oxidation sites excluding steroid dienone is 1. The SMILES string of the molecule is C[C@@H]1CCc2nc(/C(C#N)=C/c3cccc(Oc4ccccc4)c3)sc2C1. The van der Waals surface area contributed by atoms with Crippen LogP contribution in [-0.2, 0) is 12.8 Å². The standard InChI is InChI=1S/C23H20N2OS/c1-16-10-11-21-22(12-16)27-23(25-21)18(15-24)13-17-6-5-9-20(14-17)26-19-7-3-2-4-8-19/h2-9,13-14,16H,10-12H2,1H3/b18-13+/t16-/m1/s1. The number of ether oxygens (including phenoxy) is 1. The number of benzene rings is 2. The summed E-state index contributed by atoms with van der Waals surface area (Å²) >= 11 is 1.66. The molecule has 3 nitrogen and oxygen atoms in total. The minimum absolute atomic E-state index is 0.610. The van der Waals surface area contributed by atoms with Gasteiger partial charge in [0.05, 0.1) is 11.3 Å². The fourth-order valence-electron chi connectivity index (χ4n) is 3.26. The van der Waals surface area contributed by atoms with Gasteiger partial charge in [-0.15, -0.1) is 11.3 Å². The van der Waals surface area contributed by atoms with Crippen LogP contribution >= 0.6 is 11.3 Å². The molecule has 1 heterocycles. The van der Waals surface area contributed by atoms with Gasteiger partial charge >= 0.3 is 0 Å². The Bertz CT molecular complexity index is 1010. The normalized spacial score (nSPS) is 16.4. The van der Waals surface area contributed by atoms with Gasteiger partial charge in [0.2, 0.25) is 0 Å². The number of hydrogen-bond donors (Lipinski definition) is 0. The van der Waals surface area contributed by atoms with E-state index in [0.717, 1.165) is 34.9 Å². The van der Waals surface area contributed by atoms with Crippen molar-refractivity contribution in [2.45, 2.75) is 26.2 Å². The highest BCUT2D eigenvalue weighted by Gasteiger charge is 2.21. The van der Waals surface area contributed by atoms with Crippen LogP contribution < -0.4 is 4.74 Å². The second-order valence-electron chi connectivity index (χ2n) is 6.89. The van der Waals surface area contributed by atoms with Gasteiger partial charge in [-0.3, -0.25) is 0 Å².